The number of hydrogen-bond donors (Lipinski definition) is 1. The molecule has 1 unspecified atom stereocenters. The van der Waals surface area contributed by atoms with Gasteiger partial charge in [0.2, 0.25) is 10.0 Å². The standard InChI is InChI=1S/C22H30N2O5S/c1-5-17-7-9-19(10-8-17)29-21(6-2)22(25)23-15-16-28-18-11-13-20(14-12-18)30(26,27)24(3)4/h7-14,21H,5-6,15-16H2,1-4H3,(H,23,25). The lowest BCUT2D eigenvalue weighted by Crippen LogP contribution is -2.39. The first-order valence-electron chi connectivity index (χ1n) is 9.96. The smallest absolute Gasteiger partial charge is 0.261 e. The normalized spacial score (nSPS) is 12.4. The molecule has 0 fully saturated rings. The van der Waals surface area contributed by atoms with Crippen LogP contribution in [0.1, 0.15) is 25.8 Å². The molecule has 0 aliphatic rings. The molecule has 0 aliphatic carbocycles. The van der Waals surface area contributed by atoms with Crippen LogP contribution < -0.4 is 14.8 Å². The Bertz CT molecular complexity index is 910. The van der Waals surface area contributed by atoms with E-state index in [1.807, 2.05) is 31.2 Å². The molecule has 0 saturated carbocycles. The van der Waals surface area contributed by atoms with Crippen molar-refractivity contribution in [1.29, 1.82) is 0 Å². The second kappa shape index (κ2) is 11.0. The van der Waals surface area contributed by atoms with E-state index in [9.17, 15) is 13.2 Å². The van der Waals surface area contributed by atoms with Crippen molar-refractivity contribution in [3.63, 3.8) is 0 Å². The Kier molecular flexibility index (Phi) is 8.68. The maximum absolute atomic E-state index is 12.4. The number of carbonyl (C=O) groups is 1. The summed E-state index contributed by atoms with van der Waals surface area (Å²) < 4.78 is 36.6. The third kappa shape index (κ3) is 6.47. The number of aryl methyl sites for hydroxylation is 1. The van der Waals surface area contributed by atoms with Crippen LogP contribution in [0.4, 0.5) is 0 Å². The lowest BCUT2D eigenvalue weighted by atomic mass is 10.2. The minimum atomic E-state index is -3.47. The van der Waals surface area contributed by atoms with Crippen molar-refractivity contribution in [3.05, 3.63) is 54.1 Å². The van der Waals surface area contributed by atoms with Crippen LogP contribution in [0.3, 0.4) is 0 Å². The van der Waals surface area contributed by atoms with Crippen molar-refractivity contribution in [2.75, 3.05) is 27.2 Å². The summed E-state index contributed by atoms with van der Waals surface area (Å²) >= 11 is 0. The number of sulfonamides is 1. The zero-order valence-electron chi connectivity index (χ0n) is 17.9. The van der Waals surface area contributed by atoms with Crippen molar-refractivity contribution in [1.82, 2.24) is 9.62 Å². The molecular weight excluding hydrogens is 404 g/mol. The minimum Gasteiger partial charge on any atom is -0.492 e. The van der Waals surface area contributed by atoms with Gasteiger partial charge in [0.25, 0.3) is 5.91 Å². The minimum absolute atomic E-state index is 0.197. The first-order valence-corrected chi connectivity index (χ1v) is 11.4. The lowest BCUT2D eigenvalue weighted by molar-refractivity contribution is -0.128. The van der Waals surface area contributed by atoms with Gasteiger partial charge in [-0.05, 0) is 54.8 Å². The number of nitrogens with one attached hydrogen (secondary N) is 1. The molecule has 0 aromatic heterocycles. The van der Waals surface area contributed by atoms with Crippen LogP contribution in [0, 0.1) is 0 Å². The van der Waals surface area contributed by atoms with Crippen LogP contribution in [0.15, 0.2) is 53.4 Å². The van der Waals surface area contributed by atoms with Gasteiger partial charge >= 0.3 is 0 Å². The molecule has 30 heavy (non-hydrogen) atoms. The van der Waals surface area contributed by atoms with E-state index in [4.69, 9.17) is 9.47 Å². The molecule has 0 heterocycles. The van der Waals surface area contributed by atoms with Crippen molar-refractivity contribution < 1.29 is 22.7 Å². The average Bonchev–Trinajstić information content (AvgIpc) is 2.75. The molecule has 164 valence electrons. The molecule has 0 bridgehead atoms. The fourth-order valence-electron chi connectivity index (χ4n) is 2.67. The Morgan fingerprint density at radius 3 is 2.13 bits per heavy atom. The number of amides is 1. The molecule has 7 nitrogen and oxygen atoms in total. The van der Waals surface area contributed by atoms with Crippen LogP contribution in [-0.2, 0) is 21.2 Å². The maximum atomic E-state index is 12.4. The number of ether oxygens (including phenoxy) is 2. The van der Waals surface area contributed by atoms with Crippen LogP contribution in [0.25, 0.3) is 0 Å². The van der Waals surface area contributed by atoms with Crippen LogP contribution >= 0.6 is 0 Å². The van der Waals surface area contributed by atoms with E-state index >= 15 is 0 Å². The third-order valence-electron chi connectivity index (χ3n) is 4.55. The van der Waals surface area contributed by atoms with Crippen LogP contribution in [-0.4, -0.2) is 52.0 Å². The number of nitrogens with zero attached hydrogens (tertiary/aromatic N) is 1. The summed E-state index contributed by atoms with van der Waals surface area (Å²) in [6.07, 6.45) is 0.920. The van der Waals surface area contributed by atoms with Gasteiger partial charge in [0.1, 0.15) is 18.1 Å². The Morgan fingerprint density at radius 1 is 1.00 bits per heavy atom. The summed E-state index contributed by atoms with van der Waals surface area (Å²) in [7, 11) is -0.501. The number of carbonyl (C=O) groups excluding carboxylic acids is 1. The molecule has 2 aromatic rings. The highest BCUT2D eigenvalue weighted by atomic mass is 32.2. The molecular formula is C22H30N2O5S. The molecule has 0 saturated heterocycles. The molecule has 1 amide bonds. The molecule has 0 aliphatic heterocycles. The van der Waals surface area contributed by atoms with Gasteiger partial charge in [-0.1, -0.05) is 26.0 Å². The van der Waals surface area contributed by atoms with Gasteiger partial charge < -0.3 is 14.8 Å². The molecule has 0 radical (unpaired) electrons. The van der Waals surface area contributed by atoms with Crippen molar-refractivity contribution >= 4 is 15.9 Å². The molecule has 1 atom stereocenters. The summed E-state index contributed by atoms with van der Waals surface area (Å²) in [6, 6.07) is 13.9. The Hall–Kier alpha value is -2.58. The summed E-state index contributed by atoms with van der Waals surface area (Å²) in [5, 5.41) is 2.81. The number of benzene rings is 2. The van der Waals surface area contributed by atoms with Gasteiger partial charge in [-0.25, -0.2) is 12.7 Å². The monoisotopic (exact) mass is 434 g/mol. The van der Waals surface area contributed by atoms with E-state index < -0.39 is 16.1 Å². The number of hydrogen-bond acceptors (Lipinski definition) is 5. The Balaban J connectivity index is 1.80. The van der Waals surface area contributed by atoms with Gasteiger partial charge in [0.15, 0.2) is 6.10 Å². The van der Waals surface area contributed by atoms with Gasteiger partial charge in [-0.3, -0.25) is 4.79 Å². The fraction of sp³-hybridized carbons (Fsp3) is 0.409. The van der Waals surface area contributed by atoms with E-state index in [-0.39, 0.29) is 17.4 Å². The SMILES string of the molecule is CCc1ccc(OC(CC)C(=O)NCCOc2ccc(S(=O)(=O)N(C)C)cc2)cc1. The maximum Gasteiger partial charge on any atom is 0.261 e. The first-order chi connectivity index (χ1) is 14.3. The largest absolute Gasteiger partial charge is 0.492 e. The molecule has 8 heteroatoms. The highest BCUT2D eigenvalue weighted by Crippen LogP contribution is 2.18. The van der Waals surface area contributed by atoms with E-state index in [0.717, 1.165) is 10.7 Å². The summed E-state index contributed by atoms with van der Waals surface area (Å²) in [5.41, 5.74) is 1.21. The van der Waals surface area contributed by atoms with Gasteiger partial charge in [-0.2, -0.15) is 0 Å². The summed E-state index contributed by atoms with van der Waals surface area (Å²) in [4.78, 5) is 12.6. The molecule has 2 aromatic carbocycles. The second-order valence-electron chi connectivity index (χ2n) is 6.91. The quantitative estimate of drug-likeness (QED) is 0.550. The average molecular weight is 435 g/mol. The molecule has 1 N–H and O–H groups in total. The van der Waals surface area contributed by atoms with Crippen molar-refractivity contribution in [2.45, 2.75) is 37.7 Å². The zero-order valence-corrected chi connectivity index (χ0v) is 18.7. The summed E-state index contributed by atoms with van der Waals surface area (Å²) in [5.74, 6) is 0.993. The highest BCUT2D eigenvalue weighted by molar-refractivity contribution is 7.89. The van der Waals surface area contributed by atoms with Crippen LogP contribution in [0.2, 0.25) is 0 Å². The zero-order chi connectivity index (χ0) is 22.1. The Morgan fingerprint density at radius 2 is 1.60 bits per heavy atom. The predicted octanol–water partition coefficient (Wildman–Crippen LogP) is 2.85. The topological polar surface area (TPSA) is 84.9 Å². The van der Waals surface area contributed by atoms with Crippen molar-refractivity contribution in [3.8, 4) is 11.5 Å². The molecule has 0 spiro atoms. The van der Waals surface area contributed by atoms with E-state index in [2.05, 4.69) is 12.2 Å². The van der Waals surface area contributed by atoms with E-state index in [1.165, 1.54) is 31.8 Å². The summed E-state index contributed by atoms with van der Waals surface area (Å²) in [6.45, 7) is 4.54. The highest BCUT2D eigenvalue weighted by Gasteiger charge is 2.18. The lowest BCUT2D eigenvalue weighted by Gasteiger charge is -2.17. The van der Waals surface area contributed by atoms with Gasteiger partial charge in [0, 0.05) is 14.1 Å². The number of rotatable bonds is 11. The van der Waals surface area contributed by atoms with Crippen molar-refractivity contribution in [2.24, 2.45) is 0 Å². The Labute approximate surface area is 179 Å². The van der Waals surface area contributed by atoms with E-state index in [1.54, 1.807) is 12.1 Å². The second-order valence-corrected chi connectivity index (χ2v) is 9.06. The predicted molar refractivity (Wildman–Crippen MR) is 116 cm³/mol. The first kappa shape index (κ1) is 23.7. The van der Waals surface area contributed by atoms with Crippen LogP contribution in [0.5, 0.6) is 11.5 Å². The third-order valence-corrected chi connectivity index (χ3v) is 6.37. The fourth-order valence-corrected chi connectivity index (χ4v) is 3.57. The molecule has 2 rings (SSSR count). The van der Waals surface area contributed by atoms with Gasteiger partial charge in [0.05, 0.1) is 11.4 Å². The van der Waals surface area contributed by atoms with E-state index in [0.29, 0.717) is 24.5 Å². The van der Waals surface area contributed by atoms with Gasteiger partial charge in [-0.15, -0.1) is 0 Å².